The molecule has 2 heterocycles. The number of carbonyl (C=O) groups is 1. The first-order valence-corrected chi connectivity index (χ1v) is 8.20. The van der Waals surface area contributed by atoms with E-state index in [9.17, 15) is 9.90 Å². The lowest BCUT2D eigenvalue weighted by molar-refractivity contribution is -0.112. The smallest absolute Gasteiger partial charge is 0.262 e. The van der Waals surface area contributed by atoms with Crippen molar-refractivity contribution in [2.75, 3.05) is 11.4 Å². The highest BCUT2D eigenvalue weighted by Crippen LogP contribution is 2.31. The van der Waals surface area contributed by atoms with Gasteiger partial charge in [-0.3, -0.25) is 14.7 Å². The van der Waals surface area contributed by atoms with E-state index in [0.717, 1.165) is 5.75 Å². The molecule has 5 heteroatoms. The van der Waals surface area contributed by atoms with Crippen molar-refractivity contribution >= 4 is 17.2 Å². The second-order valence-electron chi connectivity index (χ2n) is 5.86. The Kier molecular flexibility index (Phi) is 4.11. The fourth-order valence-corrected chi connectivity index (χ4v) is 2.89. The minimum Gasteiger partial charge on any atom is -0.510 e. The highest BCUT2D eigenvalue weighted by atomic mass is 16.5. The van der Waals surface area contributed by atoms with Gasteiger partial charge >= 0.3 is 0 Å². The largest absolute Gasteiger partial charge is 0.510 e. The van der Waals surface area contributed by atoms with E-state index in [-0.39, 0.29) is 18.2 Å². The van der Waals surface area contributed by atoms with Gasteiger partial charge in [-0.25, -0.2) is 0 Å². The second-order valence-corrected chi connectivity index (χ2v) is 5.86. The normalized spacial score (nSPS) is 14.0. The maximum absolute atomic E-state index is 12.7. The molecule has 1 aliphatic rings. The quantitative estimate of drug-likeness (QED) is 0.771. The third kappa shape index (κ3) is 3.02. The van der Waals surface area contributed by atoms with E-state index in [2.05, 4.69) is 4.98 Å². The lowest BCUT2D eigenvalue weighted by Crippen LogP contribution is -2.26. The molecule has 0 fully saturated rings. The molecule has 0 radical (unpaired) electrons. The van der Waals surface area contributed by atoms with Crippen LogP contribution >= 0.6 is 0 Å². The standard InChI is InChI=1S/C21H16N2O3/c24-19-14-23(16-5-4-12-22-13-16)21(25)20(19)15-8-10-18(11-9-15)26-17-6-2-1-3-7-17/h1-13,24H,14H2. The molecule has 4 rings (SSSR count). The van der Waals surface area contributed by atoms with E-state index >= 15 is 0 Å². The molecule has 0 bridgehead atoms. The maximum atomic E-state index is 12.7. The molecule has 1 aromatic heterocycles. The van der Waals surface area contributed by atoms with Crippen LogP contribution in [0.5, 0.6) is 11.5 Å². The lowest BCUT2D eigenvalue weighted by atomic mass is 10.1. The molecule has 0 unspecified atom stereocenters. The van der Waals surface area contributed by atoms with Gasteiger partial charge in [-0.2, -0.15) is 0 Å². The van der Waals surface area contributed by atoms with Crippen LogP contribution in [0.4, 0.5) is 5.69 Å². The van der Waals surface area contributed by atoms with Crippen molar-refractivity contribution in [3.8, 4) is 11.5 Å². The van der Waals surface area contributed by atoms with Gasteiger partial charge in [0.25, 0.3) is 5.91 Å². The summed E-state index contributed by atoms with van der Waals surface area (Å²) in [7, 11) is 0. The number of hydrogen-bond donors (Lipinski definition) is 1. The summed E-state index contributed by atoms with van der Waals surface area (Å²) in [4.78, 5) is 18.3. The predicted octanol–water partition coefficient (Wildman–Crippen LogP) is 4.19. The van der Waals surface area contributed by atoms with E-state index in [0.29, 0.717) is 22.6 Å². The molecule has 26 heavy (non-hydrogen) atoms. The molecule has 3 aromatic rings. The van der Waals surface area contributed by atoms with Crippen LogP contribution in [0.25, 0.3) is 5.57 Å². The average molecular weight is 344 g/mol. The van der Waals surface area contributed by atoms with Gasteiger partial charge in [0.1, 0.15) is 17.3 Å². The van der Waals surface area contributed by atoms with Crippen molar-refractivity contribution in [3.63, 3.8) is 0 Å². The maximum Gasteiger partial charge on any atom is 0.262 e. The molecular weight excluding hydrogens is 328 g/mol. The Morgan fingerprint density at radius 1 is 0.923 bits per heavy atom. The molecule has 0 spiro atoms. The number of ether oxygens (including phenoxy) is 1. The van der Waals surface area contributed by atoms with E-state index in [1.165, 1.54) is 4.90 Å². The molecule has 0 saturated heterocycles. The first-order valence-electron chi connectivity index (χ1n) is 8.20. The minimum absolute atomic E-state index is 0.0515. The number of aliphatic hydroxyl groups excluding tert-OH is 1. The average Bonchev–Trinajstić information content (AvgIpc) is 2.98. The van der Waals surface area contributed by atoms with Crippen LogP contribution in [-0.4, -0.2) is 22.5 Å². The van der Waals surface area contributed by atoms with Gasteiger partial charge in [0.15, 0.2) is 0 Å². The molecule has 0 saturated carbocycles. The van der Waals surface area contributed by atoms with Crippen LogP contribution in [-0.2, 0) is 4.79 Å². The van der Waals surface area contributed by atoms with Gasteiger partial charge in [0.2, 0.25) is 0 Å². The predicted molar refractivity (Wildman–Crippen MR) is 99.1 cm³/mol. The molecule has 0 atom stereocenters. The van der Waals surface area contributed by atoms with Crippen molar-refractivity contribution in [1.82, 2.24) is 4.98 Å². The molecule has 128 valence electrons. The van der Waals surface area contributed by atoms with Gasteiger partial charge in [0.05, 0.1) is 24.0 Å². The zero-order valence-corrected chi connectivity index (χ0v) is 13.9. The van der Waals surface area contributed by atoms with Crippen LogP contribution in [0, 0.1) is 0 Å². The van der Waals surface area contributed by atoms with Crippen LogP contribution in [0.1, 0.15) is 5.56 Å². The Bertz CT molecular complexity index is 952. The number of rotatable bonds is 4. The molecule has 1 aliphatic heterocycles. The summed E-state index contributed by atoms with van der Waals surface area (Å²) < 4.78 is 5.76. The van der Waals surface area contributed by atoms with E-state index in [4.69, 9.17) is 4.74 Å². The molecule has 2 aromatic carbocycles. The molecular formula is C21H16N2O3. The summed E-state index contributed by atoms with van der Waals surface area (Å²) in [5.41, 5.74) is 1.61. The summed E-state index contributed by atoms with van der Waals surface area (Å²) >= 11 is 0. The van der Waals surface area contributed by atoms with Gasteiger partial charge < -0.3 is 9.84 Å². The topological polar surface area (TPSA) is 62.7 Å². The van der Waals surface area contributed by atoms with Crippen LogP contribution < -0.4 is 9.64 Å². The lowest BCUT2D eigenvalue weighted by Gasteiger charge is -2.15. The number of pyridine rings is 1. The Morgan fingerprint density at radius 3 is 2.35 bits per heavy atom. The highest BCUT2D eigenvalue weighted by molar-refractivity contribution is 6.29. The summed E-state index contributed by atoms with van der Waals surface area (Å²) in [5, 5.41) is 10.3. The zero-order chi connectivity index (χ0) is 17.9. The SMILES string of the molecule is O=C1C(c2ccc(Oc3ccccc3)cc2)=C(O)CN1c1cccnc1. The third-order valence-electron chi connectivity index (χ3n) is 4.13. The highest BCUT2D eigenvalue weighted by Gasteiger charge is 2.32. The number of hydrogen-bond acceptors (Lipinski definition) is 4. The number of para-hydroxylation sites is 1. The summed E-state index contributed by atoms with van der Waals surface area (Å²) in [6.45, 7) is 0.141. The number of carbonyl (C=O) groups excluding carboxylic acids is 1. The minimum atomic E-state index is -0.243. The molecule has 0 aliphatic carbocycles. The van der Waals surface area contributed by atoms with Gasteiger partial charge in [-0.05, 0) is 42.0 Å². The molecule has 1 amide bonds. The number of anilines is 1. The monoisotopic (exact) mass is 344 g/mol. The Balaban J connectivity index is 1.55. The Morgan fingerprint density at radius 2 is 1.65 bits per heavy atom. The van der Waals surface area contributed by atoms with Crippen LogP contribution in [0.15, 0.2) is 84.9 Å². The fraction of sp³-hybridized carbons (Fsp3) is 0.0476. The second kappa shape index (κ2) is 6.72. The number of nitrogens with zero attached hydrogens (tertiary/aromatic N) is 2. The molecule has 5 nitrogen and oxygen atoms in total. The van der Waals surface area contributed by atoms with Crippen molar-refractivity contribution < 1.29 is 14.6 Å². The Hall–Kier alpha value is -3.60. The van der Waals surface area contributed by atoms with Crippen molar-refractivity contribution in [3.05, 3.63) is 90.4 Å². The van der Waals surface area contributed by atoms with Crippen LogP contribution in [0.2, 0.25) is 0 Å². The van der Waals surface area contributed by atoms with Crippen LogP contribution in [0.3, 0.4) is 0 Å². The third-order valence-corrected chi connectivity index (χ3v) is 4.13. The van der Waals surface area contributed by atoms with Gasteiger partial charge in [0, 0.05) is 6.20 Å². The number of amides is 1. The van der Waals surface area contributed by atoms with Crippen molar-refractivity contribution in [1.29, 1.82) is 0 Å². The van der Waals surface area contributed by atoms with E-state index in [1.54, 1.807) is 48.8 Å². The van der Waals surface area contributed by atoms with Crippen molar-refractivity contribution in [2.45, 2.75) is 0 Å². The van der Waals surface area contributed by atoms with Crippen molar-refractivity contribution in [2.24, 2.45) is 0 Å². The zero-order valence-electron chi connectivity index (χ0n) is 13.9. The van der Waals surface area contributed by atoms with Gasteiger partial charge in [-0.15, -0.1) is 0 Å². The van der Waals surface area contributed by atoms with E-state index in [1.807, 2.05) is 30.3 Å². The number of aromatic nitrogens is 1. The Labute approximate surface area is 150 Å². The summed E-state index contributed by atoms with van der Waals surface area (Å²) in [5.74, 6) is 1.21. The summed E-state index contributed by atoms with van der Waals surface area (Å²) in [6, 6.07) is 20.1. The first kappa shape index (κ1) is 15.9. The fourth-order valence-electron chi connectivity index (χ4n) is 2.89. The first-order chi connectivity index (χ1) is 12.7. The molecule has 1 N–H and O–H groups in total. The number of aliphatic hydroxyl groups is 1. The summed E-state index contributed by atoms with van der Waals surface area (Å²) in [6.07, 6.45) is 3.24. The van der Waals surface area contributed by atoms with E-state index < -0.39 is 0 Å². The van der Waals surface area contributed by atoms with Gasteiger partial charge in [-0.1, -0.05) is 30.3 Å². The number of benzene rings is 2.